The number of ether oxygens (including phenoxy) is 1. The number of aromatic nitrogens is 1. The normalized spacial score (nSPS) is 18.4. The van der Waals surface area contributed by atoms with E-state index in [1.165, 1.54) is 22.3 Å². The quantitative estimate of drug-likeness (QED) is 0.876. The molecule has 1 aromatic carbocycles. The molecule has 0 spiro atoms. The summed E-state index contributed by atoms with van der Waals surface area (Å²) in [6.07, 6.45) is 4.64. The lowest BCUT2D eigenvalue weighted by atomic mass is 9.90. The molecule has 1 aliphatic heterocycles. The molecule has 0 saturated heterocycles. The molecule has 0 amide bonds. The Kier molecular flexibility index (Phi) is 3.09. The molecular weight excluding hydrogens is 224 g/mol. The number of nitrogens with zero attached hydrogens (tertiary/aromatic N) is 1. The molecule has 1 unspecified atom stereocenters. The maximum Gasteiger partial charge on any atom is 0.0950 e. The molecule has 3 heteroatoms. The molecule has 1 atom stereocenters. The Hall–Kier alpha value is -1.71. The maximum atomic E-state index is 5.77. The molecular formula is C15H16N2O. The minimum absolute atomic E-state index is 0.0375. The average molecular weight is 240 g/mol. The number of hydrogen-bond acceptors (Lipinski definition) is 3. The summed E-state index contributed by atoms with van der Waals surface area (Å²) >= 11 is 0. The van der Waals surface area contributed by atoms with Crippen molar-refractivity contribution in [3.8, 4) is 11.1 Å². The highest BCUT2D eigenvalue weighted by molar-refractivity contribution is 5.69. The first kappa shape index (κ1) is 11.4. The monoisotopic (exact) mass is 240 g/mol. The molecule has 1 aromatic heterocycles. The zero-order valence-corrected chi connectivity index (χ0v) is 10.2. The van der Waals surface area contributed by atoms with Crippen molar-refractivity contribution in [3.05, 3.63) is 53.9 Å². The van der Waals surface area contributed by atoms with Crippen molar-refractivity contribution >= 4 is 0 Å². The third kappa shape index (κ3) is 1.92. The second kappa shape index (κ2) is 4.88. The molecule has 0 radical (unpaired) electrons. The van der Waals surface area contributed by atoms with E-state index in [-0.39, 0.29) is 6.10 Å². The molecule has 92 valence electrons. The summed E-state index contributed by atoms with van der Waals surface area (Å²) in [6, 6.07) is 10.4. The standard InChI is InChI=1S/C15H16N2O/c16-10-15-14-3-1-2-12(13(14)6-9-18-15)11-4-7-17-8-5-11/h1-5,7-8,15H,6,9-10,16H2. The molecule has 3 rings (SSSR count). The lowest BCUT2D eigenvalue weighted by Crippen LogP contribution is -2.23. The van der Waals surface area contributed by atoms with Gasteiger partial charge in [0.15, 0.2) is 0 Å². The fraction of sp³-hybridized carbons (Fsp3) is 0.267. The van der Waals surface area contributed by atoms with Crippen molar-refractivity contribution in [2.24, 2.45) is 5.73 Å². The highest BCUT2D eigenvalue weighted by Gasteiger charge is 2.21. The number of fused-ring (bicyclic) bond motifs is 1. The minimum atomic E-state index is 0.0375. The van der Waals surface area contributed by atoms with Gasteiger partial charge in [-0.2, -0.15) is 0 Å². The van der Waals surface area contributed by atoms with Crippen molar-refractivity contribution < 1.29 is 4.74 Å². The predicted molar refractivity (Wildman–Crippen MR) is 71.1 cm³/mol. The molecule has 0 saturated carbocycles. The summed E-state index contributed by atoms with van der Waals surface area (Å²) in [5.74, 6) is 0. The Morgan fingerprint density at radius 1 is 1.22 bits per heavy atom. The number of benzene rings is 1. The minimum Gasteiger partial charge on any atom is -0.372 e. The van der Waals surface area contributed by atoms with Crippen molar-refractivity contribution in [1.29, 1.82) is 0 Å². The number of hydrogen-bond donors (Lipinski definition) is 1. The van der Waals surface area contributed by atoms with Crippen LogP contribution in [0.15, 0.2) is 42.7 Å². The Morgan fingerprint density at radius 2 is 2.06 bits per heavy atom. The highest BCUT2D eigenvalue weighted by atomic mass is 16.5. The van der Waals surface area contributed by atoms with E-state index in [0.717, 1.165) is 13.0 Å². The molecule has 0 fully saturated rings. The van der Waals surface area contributed by atoms with E-state index < -0.39 is 0 Å². The van der Waals surface area contributed by atoms with Crippen molar-refractivity contribution in [3.63, 3.8) is 0 Å². The van der Waals surface area contributed by atoms with Gasteiger partial charge in [-0.1, -0.05) is 18.2 Å². The van der Waals surface area contributed by atoms with Gasteiger partial charge in [-0.3, -0.25) is 4.98 Å². The van der Waals surface area contributed by atoms with Crippen molar-refractivity contribution in [2.45, 2.75) is 12.5 Å². The summed E-state index contributed by atoms with van der Waals surface area (Å²) in [4.78, 5) is 4.07. The second-order valence-electron chi connectivity index (χ2n) is 4.45. The Labute approximate surface area is 107 Å². The first-order valence-corrected chi connectivity index (χ1v) is 6.24. The average Bonchev–Trinajstić information content (AvgIpc) is 2.47. The molecule has 0 aliphatic carbocycles. The van der Waals surface area contributed by atoms with Crippen LogP contribution in [0, 0.1) is 0 Å². The SMILES string of the molecule is NCC1OCCc2c(-c3ccncc3)cccc21. The van der Waals surface area contributed by atoms with Crippen LogP contribution in [-0.4, -0.2) is 18.1 Å². The van der Waals surface area contributed by atoms with Gasteiger partial charge < -0.3 is 10.5 Å². The van der Waals surface area contributed by atoms with Crippen LogP contribution in [0.3, 0.4) is 0 Å². The smallest absolute Gasteiger partial charge is 0.0950 e. The van der Waals surface area contributed by atoms with E-state index >= 15 is 0 Å². The van der Waals surface area contributed by atoms with Crippen LogP contribution in [-0.2, 0) is 11.2 Å². The van der Waals surface area contributed by atoms with Crippen LogP contribution in [0.2, 0.25) is 0 Å². The van der Waals surface area contributed by atoms with Gasteiger partial charge in [-0.05, 0) is 40.8 Å². The summed E-state index contributed by atoms with van der Waals surface area (Å²) in [5.41, 5.74) is 10.9. The molecule has 2 N–H and O–H groups in total. The van der Waals surface area contributed by atoms with E-state index in [2.05, 4.69) is 23.2 Å². The maximum absolute atomic E-state index is 5.77. The van der Waals surface area contributed by atoms with Gasteiger partial charge in [0.1, 0.15) is 0 Å². The first-order valence-electron chi connectivity index (χ1n) is 6.24. The van der Waals surface area contributed by atoms with Crippen LogP contribution in [0.1, 0.15) is 17.2 Å². The molecule has 18 heavy (non-hydrogen) atoms. The first-order chi connectivity index (χ1) is 8.90. The zero-order chi connectivity index (χ0) is 12.4. The van der Waals surface area contributed by atoms with E-state index in [9.17, 15) is 0 Å². The van der Waals surface area contributed by atoms with Gasteiger partial charge in [-0.15, -0.1) is 0 Å². The Bertz CT molecular complexity index is 539. The Morgan fingerprint density at radius 3 is 2.83 bits per heavy atom. The van der Waals surface area contributed by atoms with Gasteiger partial charge in [0.25, 0.3) is 0 Å². The highest BCUT2D eigenvalue weighted by Crippen LogP contribution is 2.33. The largest absolute Gasteiger partial charge is 0.372 e. The fourth-order valence-electron chi connectivity index (χ4n) is 2.58. The van der Waals surface area contributed by atoms with Crippen LogP contribution >= 0.6 is 0 Å². The van der Waals surface area contributed by atoms with Crippen LogP contribution in [0.5, 0.6) is 0 Å². The predicted octanol–water partition coefficient (Wildman–Crippen LogP) is 2.32. The van der Waals surface area contributed by atoms with E-state index in [1.807, 2.05) is 24.5 Å². The third-order valence-electron chi connectivity index (χ3n) is 3.44. The molecule has 3 nitrogen and oxygen atoms in total. The topological polar surface area (TPSA) is 48.1 Å². The molecule has 2 aromatic rings. The van der Waals surface area contributed by atoms with Gasteiger partial charge in [-0.25, -0.2) is 0 Å². The summed E-state index contributed by atoms with van der Waals surface area (Å²) in [6.45, 7) is 1.28. The van der Waals surface area contributed by atoms with Crippen molar-refractivity contribution in [2.75, 3.05) is 13.2 Å². The van der Waals surface area contributed by atoms with Crippen LogP contribution in [0.25, 0.3) is 11.1 Å². The van der Waals surface area contributed by atoms with Crippen molar-refractivity contribution in [1.82, 2.24) is 4.98 Å². The molecule has 2 heterocycles. The molecule has 1 aliphatic rings. The summed E-state index contributed by atoms with van der Waals surface area (Å²) in [5, 5.41) is 0. The number of nitrogens with two attached hydrogens (primary N) is 1. The van der Waals surface area contributed by atoms with Gasteiger partial charge >= 0.3 is 0 Å². The van der Waals surface area contributed by atoms with Crippen LogP contribution < -0.4 is 5.73 Å². The van der Waals surface area contributed by atoms with Gasteiger partial charge in [0.2, 0.25) is 0 Å². The van der Waals surface area contributed by atoms with Gasteiger partial charge in [0.05, 0.1) is 12.7 Å². The summed E-state index contributed by atoms with van der Waals surface area (Å²) < 4.78 is 5.71. The van der Waals surface area contributed by atoms with E-state index in [1.54, 1.807) is 0 Å². The van der Waals surface area contributed by atoms with E-state index in [0.29, 0.717) is 6.54 Å². The second-order valence-corrected chi connectivity index (χ2v) is 4.45. The lowest BCUT2D eigenvalue weighted by Gasteiger charge is -2.27. The van der Waals surface area contributed by atoms with Crippen LogP contribution in [0.4, 0.5) is 0 Å². The number of pyridine rings is 1. The Balaban J connectivity index is 2.12. The number of rotatable bonds is 2. The zero-order valence-electron chi connectivity index (χ0n) is 10.2. The van der Waals surface area contributed by atoms with Gasteiger partial charge in [0, 0.05) is 18.9 Å². The lowest BCUT2D eigenvalue weighted by molar-refractivity contribution is 0.0486. The van der Waals surface area contributed by atoms with E-state index in [4.69, 9.17) is 10.5 Å². The fourth-order valence-corrected chi connectivity index (χ4v) is 2.58. The molecule has 0 bridgehead atoms. The summed E-state index contributed by atoms with van der Waals surface area (Å²) in [7, 11) is 0. The third-order valence-corrected chi connectivity index (χ3v) is 3.44.